The van der Waals surface area contributed by atoms with Gasteiger partial charge in [0.15, 0.2) is 0 Å². The molecule has 0 saturated heterocycles. The monoisotopic (exact) mass is 497 g/mol. The Morgan fingerprint density at radius 2 is 1.89 bits per heavy atom. The molecule has 36 heavy (non-hydrogen) atoms. The average molecular weight is 497 g/mol. The number of aromatic nitrogens is 2. The highest BCUT2D eigenvalue weighted by Gasteiger charge is 2.48. The number of carbonyl (C=O) groups is 2. The molecule has 0 bridgehead atoms. The minimum absolute atomic E-state index is 0.104. The van der Waals surface area contributed by atoms with Crippen LogP contribution in [0.2, 0.25) is 0 Å². The highest BCUT2D eigenvalue weighted by Crippen LogP contribution is 2.29. The van der Waals surface area contributed by atoms with E-state index in [2.05, 4.69) is 20.9 Å². The summed E-state index contributed by atoms with van der Waals surface area (Å²) in [6, 6.07) is 9.53. The van der Waals surface area contributed by atoms with Crippen LogP contribution in [0.5, 0.6) is 0 Å². The first-order valence-electron chi connectivity index (χ1n) is 12.3. The van der Waals surface area contributed by atoms with Crippen LogP contribution >= 0.6 is 0 Å². The smallest absolute Gasteiger partial charge is 0.426 e. The lowest BCUT2D eigenvalue weighted by molar-refractivity contribution is -0.144. The quantitative estimate of drug-likeness (QED) is 0.350. The van der Waals surface area contributed by atoms with Gasteiger partial charge in [-0.05, 0) is 38.7 Å². The Labute approximate surface area is 212 Å². The van der Waals surface area contributed by atoms with Gasteiger partial charge in [-0.1, -0.05) is 49.3 Å². The third-order valence-electron chi connectivity index (χ3n) is 6.13. The van der Waals surface area contributed by atoms with E-state index in [-0.39, 0.29) is 37.3 Å². The number of hydrogen-bond acceptors (Lipinski definition) is 7. The second-order valence-electron chi connectivity index (χ2n) is 10.1. The third kappa shape index (κ3) is 6.73. The molecule has 2 heterocycles. The van der Waals surface area contributed by atoms with E-state index in [1.54, 1.807) is 17.8 Å². The summed E-state index contributed by atoms with van der Waals surface area (Å²) in [5.41, 5.74) is 1.11. The fraction of sp³-hybridized carbons (Fsp3) is 0.520. The zero-order valence-corrected chi connectivity index (χ0v) is 21.6. The van der Waals surface area contributed by atoms with Gasteiger partial charge in [0, 0.05) is 25.1 Å². The second-order valence-corrected chi connectivity index (χ2v) is 10.1. The molecule has 2 atom stereocenters. The Hall–Kier alpha value is -3.18. The van der Waals surface area contributed by atoms with Crippen LogP contribution in [0.4, 0.5) is 0 Å². The molecule has 1 aromatic carbocycles. The van der Waals surface area contributed by atoms with Crippen LogP contribution in [0.1, 0.15) is 68.2 Å². The van der Waals surface area contributed by atoms with Crippen molar-refractivity contribution in [3.05, 3.63) is 53.3 Å². The van der Waals surface area contributed by atoms with Crippen molar-refractivity contribution >= 4 is 24.6 Å². The first-order chi connectivity index (χ1) is 17.0. The van der Waals surface area contributed by atoms with Gasteiger partial charge < -0.3 is 25.5 Å². The third-order valence-corrected chi connectivity index (χ3v) is 6.13. The number of benzene rings is 1. The Balaban J connectivity index is 1.73. The summed E-state index contributed by atoms with van der Waals surface area (Å²) < 4.78 is 1.73. The standard InChI is InChI=1S/C25H36BN5O5/c1-16(2)11-22(26(34)35)28-24(33)25(12-19-9-7-6-8-10-19)13-20(30-36-25)14-27-23(32)21-15-31(17(3)4)29-18(21)5/h6-10,15-17,22,34-35H,11-14H2,1-5H3,(H,27,32)(H,28,33)/t22-,25?/m0/s1. The van der Waals surface area contributed by atoms with Crippen molar-refractivity contribution in [1.29, 1.82) is 0 Å². The van der Waals surface area contributed by atoms with Gasteiger partial charge in [0.2, 0.25) is 5.60 Å². The lowest BCUT2D eigenvalue weighted by Crippen LogP contribution is -2.56. The van der Waals surface area contributed by atoms with Crippen LogP contribution in [0.3, 0.4) is 0 Å². The van der Waals surface area contributed by atoms with Crippen molar-refractivity contribution in [2.45, 2.75) is 71.5 Å². The van der Waals surface area contributed by atoms with E-state index in [1.807, 2.05) is 58.0 Å². The van der Waals surface area contributed by atoms with E-state index in [1.165, 1.54) is 0 Å². The molecule has 0 radical (unpaired) electrons. The molecule has 2 aromatic rings. The van der Waals surface area contributed by atoms with Crippen LogP contribution in [-0.4, -0.2) is 62.6 Å². The van der Waals surface area contributed by atoms with Crippen LogP contribution in [-0.2, 0) is 16.1 Å². The predicted molar refractivity (Wildman–Crippen MR) is 137 cm³/mol. The Bertz CT molecular complexity index is 1090. The van der Waals surface area contributed by atoms with Gasteiger partial charge in [-0.15, -0.1) is 0 Å². The van der Waals surface area contributed by atoms with E-state index in [9.17, 15) is 19.6 Å². The highest BCUT2D eigenvalue weighted by atomic mass is 16.7. The summed E-state index contributed by atoms with van der Waals surface area (Å²) in [4.78, 5) is 32.0. The highest BCUT2D eigenvalue weighted by molar-refractivity contribution is 6.43. The molecular formula is C25H36BN5O5. The number of carbonyl (C=O) groups excluding carboxylic acids is 2. The topological polar surface area (TPSA) is 138 Å². The maximum atomic E-state index is 13.5. The van der Waals surface area contributed by atoms with Crippen LogP contribution in [0.15, 0.2) is 41.7 Å². The lowest BCUT2D eigenvalue weighted by atomic mass is 9.74. The molecule has 10 nitrogen and oxygen atoms in total. The summed E-state index contributed by atoms with van der Waals surface area (Å²) in [6.45, 7) is 9.72. The molecule has 3 rings (SSSR count). The van der Waals surface area contributed by atoms with E-state index in [0.29, 0.717) is 23.4 Å². The molecule has 1 aliphatic heterocycles. The van der Waals surface area contributed by atoms with Crippen molar-refractivity contribution in [2.75, 3.05) is 6.54 Å². The van der Waals surface area contributed by atoms with Crippen LogP contribution < -0.4 is 10.6 Å². The fourth-order valence-corrected chi connectivity index (χ4v) is 4.17. The van der Waals surface area contributed by atoms with E-state index < -0.39 is 24.6 Å². The van der Waals surface area contributed by atoms with Crippen molar-refractivity contribution in [3.63, 3.8) is 0 Å². The molecule has 0 aliphatic carbocycles. The van der Waals surface area contributed by atoms with Crippen molar-refractivity contribution < 1.29 is 24.5 Å². The summed E-state index contributed by atoms with van der Waals surface area (Å²) in [6.07, 6.45) is 2.48. The van der Waals surface area contributed by atoms with E-state index >= 15 is 0 Å². The molecule has 0 saturated carbocycles. The molecule has 194 valence electrons. The zero-order valence-electron chi connectivity index (χ0n) is 21.6. The number of hydrogen-bond donors (Lipinski definition) is 4. The number of oxime groups is 1. The number of nitrogens with zero attached hydrogens (tertiary/aromatic N) is 3. The molecule has 1 aliphatic rings. The molecule has 11 heteroatoms. The Kier molecular flexibility index (Phi) is 8.91. The first kappa shape index (κ1) is 27.4. The number of amides is 2. The van der Waals surface area contributed by atoms with Gasteiger partial charge in [0.05, 0.1) is 29.5 Å². The van der Waals surface area contributed by atoms with Crippen molar-refractivity contribution in [3.8, 4) is 0 Å². The molecule has 0 fully saturated rings. The maximum absolute atomic E-state index is 13.5. The Morgan fingerprint density at radius 3 is 2.47 bits per heavy atom. The molecule has 0 spiro atoms. The van der Waals surface area contributed by atoms with E-state index in [4.69, 9.17) is 4.84 Å². The fourth-order valence-electron chi connectivity index (χ4n) is 4.17. The van der Waals surface area contributed by atoms with Gasteiger partial charge in [-0.2, -0.15) is 5.10 Å². The van der Waals surface area contributed by atoms with Gasteiger partial charge in [0.25, 0.3) is 11.8 Å². The summed E-state index contributed by atoms with van der Waals surface area (Å²) in [7, 11) is -1.71. The molecule has 1 aromatic heterocycles. The maximum Gasteiger partial charge on any atom is 0.475 e. The minimum Gasteiger partial charge on any atom is -0.426 e. The second kappa shape index (κ2) is 11.7. The number of rotatable bonds is 11. The van der Waals surface area contributed by atoms with Gasteiger partial charge in [0.1, 0.15) is 0 Å². The SMILES string of the molecule is Cc1nn(C(C)C)cc1C(=O)NCC1=NOC(Cc2ccccc2)(C(=O)N[C@@H](CC(C)C)B(O)O)C1. The van der Waals surface area contributed by atoms with Crippen LogP contribution in [0, 0.1) is 12.8 Å². The van der Waals surface area contributed by atoms with Crippen molar-refractivity contribution in [1.82, 2.24) is 20.4 Å². The average Bonchev–Trinajstić information content (AvgIpc) is 3.42. The van der Waals surface area contributed by atoms with Crippen LogP contribution in [0.25, 0.3) is 0 Å². The largest absolute Gasteiger partial charge is 0.475 e. The number of aryl methyl sites for hydroxylation is 1. The summed E-state index contributed by atoms with van der Waals surface area (Å²) in [5, 5.41) is 33.7. The molecule has 2 amide bonds. The molecule has 1 unspecified atom stereocenters. The van der Waals surface area contributed by atoms with E-state index in [0.717, 1.165) is 5.56 Å². The Morgan fingerprint density at radius 1 is 1.19 bits per heavy atom. The summed E-state index contributed by atoms with van der Waals surface area (Å²) >= 11 is 0. The number of nitrogens with one attached hydrogen (secondary N) is 2. The minimum atomic E-state index is -1.71. The summed E-state index contributed by atoms with van der Waals surface area (Å²) in [5.74, 6) is -1.48. The predicted octanol–water partition coefficient (Wildman–Crippen LogP) is 1.80. The lowest BCUT2D eigenvalue weighted by Gasteiger charge is -2.29. The molecular weight excluding hydrogens is 461 g/mol. The first-order valence-corrected chi connectivity index (χ1v) is 12.3. The molecule has 4 N–H and O–H groups in total. The zero-order chi connectivity index (χ0) is 26.5. The van der Waals surface area contributed by atoms with Gasteiger partial charge in [-0.25, -0.2) is 0 Å². The van der Waals surface area contributed by atoms with Gasteiger partial charge >= 0.3 is 7.12 Å². The van der Waals surface area contributed by atoms with Crippen molar-refractivity contribution in [2.24, 2.45) is 11.1 Å². The normalized spacial score (nSPS) is 18.1. The van der Waals surface area contributed by atoms with Gasteiger partial charge in [-0.3, -0.25) is 14.3 Å².